The molecule has 0 atom stereocenters. The molecule has 4 nitrogen and oxygen atoms in total. The van der Waals surface area contributed by atoms with Gasteiger partial charge in [0.1, 0.15) is 5.69 Å². The lowest BCUT2D eigenvalue weighted by Crippen LogP contribution is -1.95. The summed E-state index contributed by atoms with van der Waals surface area (Å²) in [6.07, 6.45) is 4.41. The van der Waals surface area contributed by atoms with E-state index >= 15 is 0 Å². The number of pyridine rings is 1. The van der Waals surface area contributed by atoms with Gasteiger partial charge in [-0.1, -0.05) is 6.07 Å². The van der Waals surface area contributed by atoms with Crippen molar-refractivity contribution in [3.05, 3.63) is 42.4 Å². The van der Waals surface area contributed by atoms with Crippen molar-refractivity contribution in [2.45, 2.75) is 0 Å². The fourth-order valence-electron chi connectivity index (χ4n) is 1.06. The number of hydrogen-bond acceptors (Lipinski definition) is 4. The SMILES string of the molecule is Cl.O=C(Cl)c1cnc(-c2ccccn2)nc1. The number of aromatic nitrogens is 3. The zero-order valence-electron chi connectivity index (χ0n) is 8.00. The first-order valence-electron chi connectivity index (χ1n) is 4.20. The van der Waals surface area contributed by atoms with Gasteiger partial charge in [0.25, 0.3) is 5.24 Å². The van der Waals surface area contributed by atoms with Crippen LogP contribution < -0.4 is 0 Å². The maximum absolute atomic E-state index is 10.8. The van der Waals surface area contributed by atoms with Gasteiger partial charge in [-0.2, -0.15) is 0 Å². The van der Waals surface area contributed by atoms with Crippen molar-refractivity contribution >= 4 is 29.3 Å². The van der Waals surface area contributed by atoms with E-state index in [1.54, 1.807) is 18.3 Å². The largest absolute Gasteiger partial charge is 0.275 e. The maximum Gasteiger partial charge on any atom is 0.255 e. The van der Waals surface area contributed by atoms with Crippen LogP contribution in [0, 0.1) is 0 Å². The summed E-state index contributed by atoms with van der Waals surface area (Å²) in [4.78, 5) is 22.8. The molecule has 16 heavy (non-hydrogen) atoms. The Hall–Kier alpha value is -1.52. The van der Waals surface area contributed by atoms with Gasteiger partial charge >= 0.3 is 0 Å². The van der Waals surface area contributed by atoms with Crippen molar-refractivity contribution in [2.75, 3.05) is 0 Å². The Morgan fingerprint density at radius 3 is 2.31 bits per heavy atom. The summed E-state index contributed by atoms with van der Waals surface area (Å²) in [5, 5.41) is -0.567. The molecule has 0 aliphatic rings. The normalized spacial score (nSPS) is 9.31. The molecule has 0 amide bonds. The van der Waals surface area contributed by atoms with E-state index in [2.05, 4.69) is 15.0 Å². The van der Waals surface area contributed by atoms with Gasteiger partial charge in [-0.3, -0.25) is 9.78 Å². The van der Waals surface area contributed by atoms with Crippen molar-refractivity contribution < 1.29 is 4.79 Å². The molecule has 0 bridgehead atoms. The highest BCUT2D eigenvalue weighted by atomic mass is 35.5. The summed E-state index contributed by atoms with van der Waals surface area (Å²) in [5.41, 5.74) is 0.933. The second kappa shape index (κ2) is 5.53. The number of carbonyl (C=O) groups is 1. The van der Waals surface area contributed by atoms with Gasteiger partial charge < -0.3 is 0 Å². The van der Waals surface area contributed by atoms with Crippen LogP contribution in [0.1, 0.15) is 10.4 Å². The van der Waals surface area contributed by atoms with Gasteiger partial charge in [0, 0.05) is 18.6 Å². The Labute approximate surface area is 103 Å². The Bertz CT molecular complexity index is 473. The Morgan fingerprint density at radius 1 is 1.12 bits per heavy atom. The minimum absolute atomic E-state index is 0. The first-order chi connectivity index (χ1) is 7.27. The zero-order valence-corrected chi connectivity index (χ0v) is 9.57. The summed E-state index contributed by atoms with van der Waals surface area (Å²) in [7, 11) is 0. The quantitative estimate of drug-likeness (QED) is 0.774. The van der Waals surface area contributed by atoms with Crippen molar-refractivity contribution in [3.63, 3.8) is 0 Å². The lowest BCUT2D eigenvalue weighted by Gasteiger charge is -1.98. The summed E-state index contributed by atoms with van der Waals surface area (Å²) in [6.45, 7) is 0. The molecular formula is C10H7Cl2N3O. The van der Waals surface area contributed by atoms with E-state index in [4.69, 9.17) is 11.6 Å². The van der Waals surface area contributed by atoms with Crippen LogP contribution in [-0.2, 0) is 0 Å². The molecule has 0 aromatic carbocycles. The molecule has 0 aliphatic carbocycles. The molecule has 0 saturated heterocycles. The van der Waals surface area contributed by atoms with Gasteiger partial charge in [-0.05, 0) is 23.7 Å². The smallest absolute Gasteiger partial charge is 0.255 e. The predicted octanol–water partition coefficient (Wildman–Crippen LogP) is 2.34. The van der Waals surface area contributed by atoms with E-state index in [-0.39, 0.29) is 18.0 Å². The average molecular weight is 256 g/mol. The van der Waals surface area contributed by atoms with E-state index in [0.29, 0.717) is 11.5 Å². The number of carbonyl (C=O) groups excluding carboxylic acids is 1. The monoisotopic (exact) mass is 255 g/mol. The fourth-order valence-corrected chi connectivity index (χ4v) is 1.15. The minimum Gasteiger partial charge on any atom is -0.275 e. The third kappa shape index (κ3) is 2.74. The molecule has 0 radical (unpaired) electrons. The molecule has 2 rings (SSSR count). The summed E-state index contributed by atoms with van der Waals surface area (Å²) in [5.74, 6) is 0.470. The molecule has 0 unspecified atom stereocenters. The molecule has 0 aliphatic heterocycles. The van der Waals surface area contributed by atoms with Crippen molar-refractivity contribution in [1.29, 1.82) is 0 Å². The molecule has 82 valence electrons. The molecule has 2 aromatic rings. The predicted molar refractivity (Wildman–Crippen MR) is 62.7 cm³/mol. The first-order valence-corrected chi connectivity index (χ1v) is 4.58. The van der Waals surface area contributed by atoms with Crippen molar-refractivity contribution in [1.82, 2.24) is 15.0 Å². The molecule has 0 fully saturated rings. The highest BCUT2D eigenvalue weighted by Gasteiger charge is 2.05. The van der Waals surface area contributed by atoms with Crippen LogP contribution in [-0.4, -0.2) is 20.2 Å². The van der Waals surface area contributed by atoms with Gasteiger partial charge in [0.2, 0.25) is 0 Å². The van der Waals surface area contributed by atoms with Crippen LogP contribution in [0.5, 0.6) is 0 Å². The molecule has 6 heteroatoms. The van der Waals surface area contributed by atoms with Crippen molar-refractivity contribution in [3.8, 4) is 11.5 Å². The maximum atomic E-state index is 10.8. The van der Waals surface area contributed by atoms with Crippen LogP contribution in [0.3, 0.4) is 0 Å². The third-order valence-electron chi connectivity index (χ3n) is 1.77. The highest BCUT2D eigenvalue weighted by molar-refractivity contribution is 6.67. The van der Waals surface area contributed by atoms with Gasteiger partial charge in [-0.25, -0.2) is 9.97 Å². The number of halogens is 2. The number of nitrogens with zero attached hydrogens (tertiary/aromatic N) is 3. The van der Waals surface area contributed by atoms with Gasteiger partial charge in [0.05, 0.1) is 5.56 Å². The Balaban J connectivity index is 0.00000128. The van der Waals surface area contributed by atoms with E-state index in [1.165, 1.54) is 12.4 Å². The number of hydrogen-bond donors (Lipinski definition) is 0. The van der Waals surface area contributed by atoms with Crippen LogP contribution in [0.15, 0.2) is 36.8 Å². The lowest BCUT2D eigenvalue weighted by atomic mass is 10.3. The molecule has 0 N–H and O–H groups in total. The molecule has 0 spiro atoms. The van der Waals surface area contributed by atoms with E-state index < -0.39 is 5.24 Å². The summed E-state index contributed by atoms with van der Waals surface area (Å²) < 4.78 is 0. The third-order valence-corrected chi connectivity index (χ3v) is 1.99. The molecule has 2 heterocycles. The fraction of sp³-hybridized carbons (Fsp3) is 0. The first kappa shape index (κ1) is 12.5. The topological polar surface area (TPSA) is 55.7 Å². The van der Waals surface area contributed by atoms with Crippen molar-refractivity contribution in [2.24, 2.45) is 0 Å². The standard InChI is InChI=1S/C10H6ClN3O.ClH/c11-9(15)7-5-13-10(14-6-7)8-3-1-2-4-12-8;/h1-6H;1H. The second-order valence-corrected chi connectivity index (χ2v) is 3.13. The Morgan fingerprint density at radius 2 is 1.81 bits per heavy atom. The minimum atomic E-state index is -0.567. The summed E-state index contributed by atoms with van der Waals surface area (Å²) >= 11 is 5.27. The van der Waals surface area contributed by atoms with Crippen LogP contribution in [0.4, 0.5) is 0 Å². The second-order valence-electron chi connectivity index (χ2n) is 2.78. The van der Waals surface area contributed by atoms with Crippen LogP contribution in [0.2, 0.25) is 0 Å². The van der Waals surface area contributed by atoms with E-state index in [9.17, 15) is 4.79 Å². The zero-order chi connectivity index (χ0) is 10.7. The number of rotatable bonds is 2. The highest BCUT2D eigenvalue weighted by Crippen LogP contribution is 2.10. The lowest BCUT2D eigenvalue weighted by molar-refractivity contribution is 0.108. The molecule has 0 saturated carbocycles. The average Bonchev–Trinajstić information content (AvgIpc) is 2.30. The molecule has 2 aromatic heterocycles. The summed E-state index contributed by atoms with van der Waals surface area (Å²) in [6, 6.07) is 5.43. The van der Waals surface area contributed by atoms with Crippen LogP contribution in [0.25, 0.3) is 11.5 Å². The Kier molecular flexibility index (Phi) is 4.34. The van der Waals surface area contributed by atoms with E-state index in [0.717, 1.165) is 0 Å². The van der Waals surface area contributed by atoms with E-state index in [1.807, 2.05) is 6.07 Å². The van der Waals surface area contributed by atoms with Gasteiger partial charge in [0.15, 0.2) is 5.82 Å². The van der Waals surface area contributed by atoms with Crippen LogP contribution >= 0.6 is 24.0 Å². The molecular weight excluding hydrogens is 249 g/mol. The van der Waals surface area contributed by atoms with Gasteiger partial charge in [-0.15, -0.1) is 12.4 Å².